The summed E-state index contributed by atoms with van der Waals surface area (Å²) in [6.07, 6.45) is 10.2. The van der Waals surface area contributed by atoms with Crippen LogP contribution in [0, 0.1) is 5.82 Å². The van der Waals surface area contributed by atoms with E-state index < -0.39 is 0 Å². The Kier molecular flexibility index (Phi) is 5.78. The van der Waals surface area contributed by atoms with E-state index in [9.17, 15) is 4.39 Å². The van der Waals surface area contributed by atoms with E-state index in [1.165, 1.54) is 18.5 Å². The lowest BCUT2D eigenvalue weighted by Gasteiger charge is -2.13. The second kappa shape index (κ2) is 9.40. The van der Waals surface area contributed by atoms with E-state index in [0.717, 1.165) is 67.8 Å². The highest BCUT2D eigenvalue weighted by atomic mass is 19.1. The molecule has 6 rings (SSSR count). The van der Waals surface area contributed by atoms with Crippen molar-refractivity contribution in [2.45, 2.75) is 0 Å². The first kappa shape index (κ1) is 22.7. The van der Waals surface area contributed by atoms with Crippen molar-refractivity contribution in [2.24, 2.45) is 0 Å². The zero-order chi connectivity index (χ0) is 25.4. The summed E-state index contributed by atoms with van der Waals surface area (Å²) in [7, 11) is 4.01. The third-order valence-electron chi connectivity index (χ3n) is 6.20. The predicted octanol–water partition coefficient (Wildman–Crippen LogP) is 4.74. The van der Waals surface area contributed by atoms with Gasteiger partial charge < -0.3 is 15.2 Å². The van der Waals surface area contributed by atoms with Gasteiger partial charge in [0.1, 0.15) is 17.8 Å². The summed E-state index contributed by atoms with van der Waals surface area (Å²) >= 11 is 0. The number of nitrogens with one attached hydrogen (secondary N) is 3. The maximum atomic E-state index is 14.6. The Labute approximate surface area is 211 Å². The molecule has 10 heteroatoms. The Morgan fingerprint density at radius 1 is 0.865 bits per heavy atom. The molecule has 0 aliphatic carbocycles. The largest absolute Gasteiger partial charge is 0.384 e. The number of hydrogen-bond donors (Lipinski definition) is 3. The van der Waals surface area contributed by atoms with Gasteiger partial charge in [0.15, 0.2) is 0 Å². The van der Waals surface area contributed by atoms with Crippen LogP contribution in [0.2, 0.25) is 0 Å². The normalized spacial score (nSPS) is 11.6. The van der Waals surface area contributed by atoms with Crippen LogP contribution in [0.25, 0.3) is 55.6 Å². The van der Waals surface area contributed by atoms with Gasteiger partial charge in [0.25, 0.3) is 0 Å². The number of likely N-dealkylation sites (N-methyl/N-ethyl adjacent to an activating group) is 1. The molecule has 0 aliphatic heterocycles. The van der Waals surface area contributed by atoms with E-state index in [1.54, 1.807) is 31.0 Å². The highest BCUT2D eigenvalue weighted by Crippen LogP contribution is 2.35. The smallest absolute Gasteiger partial charge is 0.125 e. The van der Waals surface area contributed by atoms with Crippen LogP contribution in [0.5, 0.6) is 0 Å². The summed E-state index contributed by atoms with van der Waals surface area (Å²) in [5.41, 5.74) is 7.10. The van der Waals surface area contributed by atoms with Gasteiger partial charge in [-0.25, -0.2) is 14.4 Å². The standard InChI is InChI=1S/C27H24FN9/c1-37(2)4-3-32-19-6-16(5-18(28)7-19)22-12-29-13-25-20(22)8-24(34-25)27-21-9-23(17-10-30-15-31-11-17)33-14-26(21)35-36-27/h5-15,32,34H,3-4H2,1-2H3,(H,35,36). The van der Waals surface area contributed by atoms with Gasteiger partial charge in [0, 0.05) is 59.3 Å². The van der Waals surface area contributed by atoms with E-state index >= 15 is 0 Å². The minimum atomic E-state index is -0.305. The number of benzene rings is 1. The third kappa shape index (κ3) is 4.50. The minimum absolute atomic E-state index is 0.305. The lowest BCUT2D eigenvalue weighted by atomic mass is 10.0. The van der Waals surface area contributed by atoms with Crippen LogP contribution in [0.3, 0.4) is 0 Å². The first-order chi connectivity index (χ1) is 18.0. The Morgan fingerprint density at radius 2 is 1.73 bits per heavy atom. The monoisotopic (exact) mass is 493 g/mol. The number of fused-ring (bicyclic) bond motifs is 2. The van der Waals surface area contributed by atoms with E-state index in [0.29, 0.717) is 6.54 Å². The maximum Gasteiger partial charge on any atom is 0.125 e. The molecule has 5 heterocycles. The van der Waals surface area contributed by atoms with E-state index in [-0.39, 0.29) is 5.82 Å². The fraction of sp³-hybridized carbons (Fsp3) is 0.148. The molecular weight excluding hydrogens is 469 g/mol. The van der Waals surface area contributed by atoms with Crippen LogP contribution < -0.4 is 5.32 Å². The summed E-state index contributed by atoms with van der Waals surface area (Å²) in [6, 6.07) is 8.98. The Balaban J connectivity index is 1.41. The number of H-pyrrole nitrogens is 2. The molecule has 0 saturated heterocycles. The van der Waals surface area contributed by atoms with Gasteiger partial charge in [-0.2, -0.15) is 5.10 Å². The summed E-state index contributed by atoms with van der Waals surface area (Å²) in [4.78, 5) is 22.6. The molecule has 6 aromatic rings. The fourth-order valence-electron chi connectivity index (χ4n) is 4.39. The number of aromatic nitrogens is 7. The van der Waals surface area contributed by atoms with Crippen molar-refractivity contribution in [3.05, 3.63) is 73.5 Å². The molecule has 9 nitrogen and oxygen atoms in total. The number of rotatable bonds is 7. The second-order valence-corrected chi connectivity index (χ2v) is 9.10. The average molecular weight is 494 g/mol. The Bertz CT molecular complexity index is 1710. The molecule has 0 fully saturated rings. The van der Waals surface area contributed by atoms with Crippen LogP contribution in [0.15, 0.2) is 67.6 Å². The van der Waals surface area contributed by atoms with Gasteiger partial charge in [-0.1, -0.05) is 0 Å². The number of halogens is 1. The molecular formula is C27H24FN9. The van der Waals surface area contributed by atoms with Crippen LogP contribution in [-0.4, -0.2) is 67.2 Å². The molecule has 37 heavy (non-hydrogen) atoms. The van der Waals surface area contributed by atoms with Crippen molar-refractivity contribution in [3.63, 3.8) is 0 Å². The van der Waals surface area contributed by atoms with Crippen molar-refractivity contribution >= 4 is 27.5 Å². The van der Waals surface area contributed by atoms with Crippen LogP contribution in [0.1, 0.15) is 0 Å². The van der Waals surface area contributed by atoms with Gasteiger partial charge in [0.05, 0.1) is 34.8 Å². The third-order valence-corrected chi connectivity index (χ3v) is 6.20. The SMILES string of the molecule is CN(C)CCNc1cc(F)cc(-c2cncc3[nH]c(-c4n[nH]c5cnc(-c6cncnc6)cc45)cc23)c1. The van der Waals surface area contributed by atoms with E-state index in [2.05, 4.69) is 45.3 Å². The average Bonchev–Trinajstić information content (AvgIpc) is 3.52. The van der Waals surface area contributed by atoms with Crippen LogP contribution in [0.4, 0.5) is 10.1 Å². The zero-order valence-electron chi connectivity index (χ0n) is 20.3. The maximum absolute atomic E-state index is 14.6. The molecule has 1 aromatic carbocycles. The first-order valence-corrected chi connectivity index (χ1v) is 11.8. The number of aromatic amines is 2. The summed E-state index contributed by atoms with van der Waals surface area (Å²) in [6.45, 7) is 1.56. The number of nitrogens with zero attached hydrogens (tertiary/aromatic N) is 6. The number of anilines is 1. The Hall–Kier alpha value is -4.70. The predicted molar refractivity (Wildman–Crippen MR) is 142 cm³/mol. The van der Waals surface area contributed by atoms with Gasteiger partial charge in [-0.15, -0.1) is 0 Å². The molecule has 0 saturated carbocycles. The Morgan fingerprint density at radius 3 is 2.57 bits per heavy atom. The fourth-order valence-corrected chi connectivity index (χ4v) is 4.39. The van der Waals surface area contributed by atoms with Crippen molar-refractivity contribution in [2.75, 3.05) is 32.5 Å². The summed E-state index contributed by atoms with van der Waals surface area (Å²) < 4.78 is 14.6. The molecule has 5 aromatic heterocycles. The lowest BCUT2D eigenvalue weighted by molar-refractivity contribution is 0.425. The highest BCUT2D eigenvalue weighted by Gasteiger charge is 2.16. The summed E-state index contributed by atoms with van der Waals surface area (Å²) in [5.74, 6) is -0.305. The number of hydrogen-bond acceptors (Lipinski definition) is 7. The quantitative estimate of drug-likeness (QED) is 0.295. The highest BCUT2D eigenvalue weighted by molar-refractivity contribution is 6.01. The first-order valence-electron chi connectivity index (χ1n) is 11.8. The molecule has 0 aliphatic rings. The van der Waals surface area contributed by atoms with Gasteiger partial charge in [-0.05, 0) is 50.0 Å². The van der Waals surface area contributed by atoms with Crippen molar-refractivity contribution in [1.29, 1.82) is 0 Å². The van der Waals surface area contributed by atoms with Gasteiger partial charge >= 0.3 is 0 Å². The molecule has 0 bridgehead atoms. The molecule has 0 amide bonds. The molecule has 0 atom stereocenters. The molecule has 3 N–H and O–H groups in total. The van der Waals surface area contributed by atoms with E-state index in [1.807, 2.05) is 32.3 Å². The topological polar surface area (TPSA) is 111 Å². The van der Waals surface area contributed by atoms with Gasteiger partial charge in [-0.3, -0.25) is 15.1 Å². The summed E-state index contributed by atoms with van der Waals surface area (Å²) in [5, 5.41) is 12.8. The van der Waals surface area contributed by atoms with Gasteiger partial charge in [0.2, 0.25) is 0 Å². The van der Waals surface area contributed by atoms with Crippen molar-refractivity contribution in [1.82, 2.24) is 40.0 Å². The van der Waals surface area contributed by atoms with Crippen molar-refractivity contribution < 1.29 is 4.39 Å². The molecule has 0 unspecified atom stereocenters. The zero-order valence-corrected chi connectivity index (χ0v) is 20.3. The molecule has 0 spiro atoms. The second-order valence-electron chi connectivity index (χ2n) is 9.10. The lowest BCUT2D eigenvalue weighted by Crippen LogP contribution is -2.20. The van der Waals surface area contributed by atoms with Crippen molar-refractivity contribution in [3.8, 4) is 33.8 Å². The van der Waals surface area contributed by atoms with Crippen LogP contribution >= 0.6 is 0 Å². The number of pyridine rings is 2. The molecule has 184 valence electrons. The molecule has 0 radical (unpaired) electrons. The van der Waals surface area contributed by atoms with Crippen LogP contribution in [-0.2, 0) is 0 Å². The van der Waals surface area contributed by atoms with E-state index in [4.69, 9.17) is 0 Å². The minimum Gasteiger partial charge on any atom is -0.384 e.